The lowest BCUT2D eigenvalue weighted by molar-refractivity contribution is 0.878. The quantitative estimate of drug-likeness (QED) is 0.493. The fourth-order valence-electron chi connectivity index (χ4n) is 1.38. The van der Waals surface area contributed by atoms with Crippen molar-refractivity contribution in [3.8, 4) is 0 Å². The van der Waals surface area contributed by atoms with Crippen molar-refractivity contribution in [2.45, 2.75) is 0 Å². The summed E-state index contributed by atoms with van der Waals surface area (Å²) in [5.41, 5.74) is 7.93. The highest BCUT2D eigenvalue weighted by molar-refractivity contribution is 7.14. The summed E-state index contributed by atoms with van der Waals surface area (Å²) in [6.07, 6.45) is 0. The maximum Gasteiger partial charge on any atom is 0.331 e. The highest BCUT2D eigenvalue weighted by Gasteiger charge is 2.06. The molecule has 2 rings (SSSR count). The van der Waals surface area contributed by atoms with E-state index >= 15 is 0 Å². The number of imidazole rings is 1. The van der Waals surface area contributed by atoms with Crippen LogP contribution in [0.3, 0.4) is 0 Å². The van der Waals surface area contributed by atoms with E-state index < -0.39 is 0 Å². The molecule has 68 valence electrons. The summed E-state index contributed by atoms with van der Waals surface area (Å²) in [5, 5.41) is 0. The SMILES string of the molecule is Cn1c(=O)n(P)c2cc(N)ccc21. The molecular weight excluding hydrogens is 185 g/mol. The van der Waals surface area contributed by atoms with Gasteiger partial charge in [0.25, 0.3) is 0 Å². The first-order chi connectivity index (χ1) is 6.11. The molecule has 0 aliphatic rings. The van der Waals surface area contributed by atoms with E-state index in [-0.39, 0.29) is 5.69 Å². The predicted molar refractivity (Wildman–Crippen MR) is 56.7 cm³/mol. The van der Waals surface area contributed by atoms with Crippen molar-refractivity contribution in [2.24, 2.45) is 7.05 Å². The van der Waals surface area contributed by atoms with Gasteiger partial charge >= 0.3 is 5.69 Å². The first-order valence-corrected chi connectivity index (χ1v) is 4.35. The van der Waals surface area contributed by atoms with Crippen molar-refractivity contribution in [1.29, 1.82) is 0 Å². The Morgan fingerprint density at radius 3 is 2.77 bits per heavy atom. The monoisotopic (exact) mass is 195 g/mol. The van der Waals surface area contributed by atoms with Crippen LogP contribution in [-0.2, 0) is 7.05 Å². The van der Waals surface area contributed by atoms with E-state index in [0.29, 0.717) is 5.69 Å². The zero-order chi connectivity index (χ0) is 9.59. The van der Waals surface area contributed by atoms with Gasteiger partial charge in [-0.05, 0) is 27.6 Å². The van der Waals surface area contributed by atoms with Gasteiger partial charge < -0.3 is 5.73 Å². The highest BCUT2D eigenvalue weighted by atomic mass is 31.0. The van der Waals surface area contributed by atoms with Crippen molar-refractivity contribution in [3.05, 3.63) is 28.7 Å². The molecule has 1 aromatic carbocycles. The molecule has 13 heavy (non-hydrogen) atoms. The van der Waals surface area contributed by atoms with Gasteiger partial charge in [0.2, 0.25) is 0 Å². The number of nitrogens with two attached hydrogens (primary N) is 1. The van der Waals surface area contributed by atoms with Crippen LogP contribution in [0.25, 0.3) is 11.0 Å². The molecule has 0 bridgehead atoms. The number of aromatic nitrogens is 2. The van der Waals surface area contributed by atoms with Crippen LogP contribution in [0.4, 0.5) is 5.69 Å². The second kappa shape index (κ2) is 2.60. The third-order valence-electron chi connectivity index (χ3n) is 2.11. The van der Waals surface area contributed by atoms with E-state index in [4.69, 9.17) is 5.73 Å². The molecule has 1 heterocycles. The number of rotatable bonds is 0. The molecule has 0 spiro atoms. The third kappa shape index (κ3) is 1.06. The van der Waals surface area contributed by atoms with E-state index in [1.807, 2.05) is 6.07 Å². The maximum atomic E-state index is 11.5. The molecule has 0 radical (unpaired) electrons. The zero-order valence-electron chi connectivity index (χ0n) is 7.19. The van der Waals surface area contributed by atoms with E-state index in [1.165, 1.54) is 4.34 Å². The number of benzene rings is 1. The first kappa shape index (κ1) is 8.32. The Hall–Kier alpha value is -1.28. The molecule has 1 unspecified atom stereocenters. The Bertz CT molecular complexity index is 526. The number of hydrogen-bond acceptors (Lipinski definition) is 2. The normalized spacial score (nSPS) is 10.9. The van der Waals surface area contributed by atoms with Gasteiger partial charge in [-0.1, -0.05) is 0 Å². The summed E-state index contributed by atoms with van der Waals surface area (Å²) >= 11 is 0. The minimum atomic E-state index is -0.0643. The van der Waals surface area contributed by atoms with Crippen LogP contribution in [0.1, 0.15) is 0 Å². The van der Waals surface area contributed by atoms with E-state index in [1.54, 1.807) is 23.7 Å². The molecule has 0 aliphatic heterocycles. The molecule has 1 atom stereocenters. The van der Waals surface area contributed by atoms with Crippen molar-refractivity contribution in [2.75, 3.05) is 5.73 Å². The summed E-state index contributed by atoms with van der Waals surface area (Å²) in [7, 11) is 4.11. The average molecular weight is 195 g/mol. The molecule has 0 fully saturated rings. The zero-order valence-corrected chi connectivity index (χ0v) is 8.34. The molecule has 1 aromatic heterocycles. The molecule has 0 aliphatic carbocycles. The minimum absolute atomic E-state index is 0.0643. The van der Waals surface area contributed by atoms with Crippen LogP contribution in [0.2, 0.25) is 0 Å². The van der Waals surface area contributed by atoms with Crippen LogP contribution in [0.5, 0.6) is 0 Å². The summed E-state index contributed by atoms with van der Waals surface area (Å²) < 4.78 is 3.09. The Labute approximate surface area is 77.2 Å². The summed E-state index contributed by atoms with van der Waals surface area (Å²) in [6, 6.07) is 5.41. The first-order valence-electron chi connectivity index (χ1n) is 3.83. The summed E-state index contributed by atoms with van der Waals surface area (Å²) in [5.74, 6) is 0. The van der Waals surface area contributed by atoms with Crippen LogP contribution >= 0.6 is 9.39 Å². The van der Waals surface area contributed by atoms with Crippen molar-refractivity contribution in [1.82, 2.24) is 8.90 Å². The molecule has 5 heteroatoms. The largest absolute Gasteiger partial charge is 0.399 e. The van der Waals surface area contributed by atoms with Gasteiger partial charge in [0.05, 0.1) is 11.0 Å². The Balaban J connectivity index is 3.04. The number of aryl methyl sites for hydroxylation is 1. The lowest BCUT2D eigenvalue weighted by atomic mass is 10.3. The van der Waals surface area contributed by atoms with Crippen molar-refractivity contribution < 1.29 is 0 Å². The Kier molecular flexibility index (Phi) is 1.67. The smallest absolute Gasteiger partial charge is 0.331 e. The molecule has 2 aromatic rings. The van der Waals surface area contributed by atoms with E-state index in [2.05, 4.69) is 9.39 Å². The van der Waals surface area contributed by atoms with Crippen LogP contribution in [0.15, 0.2) is 23.0 Å². The van der Waals surface area contributed by atoms with E-state index in [0.717, 1.165) is 11.0 Å². The number of anilines is 1. The van der Waals surface area contributed by atoms with Gasteiger partial charge in [0.15, 0.2) is 0 Å². The molecule has 0 saturated carbocycles. The van der Waals surface area contributed by atoms with Gasteiger partial charge in [-0.2, -0.15) is 0 Å². The minimum Gasteiger partial charge on any atom is -0.399 e. The fourth-order valence-corrected chi connectivity index (χ4v) is 1.76. The van der Waals surface area contributed by atoms with Crippen LogP contribution < -0.4 is 11.4 Å². The molecule has 0 amide bonds. The summed E-state index contributed by atoms with van der Waals surface area (Å²) in [4.78, 5) is 11.5. The van der Waals surface area contributed by atoms with Crippen LogP contribution in [0, 0.1) is 0 Å². The van der Waals surface area contributed by atoms with Gasteiger partial charge in [0.1, 0.15) is 0 Å². The number of fused-ring (bicyclic) bond motifs is 1. The average Bonchev–Trinajstić information content (AvgIpc) is 2.32. The third-order valence-corrected chi connectivity index (χ3v) is 2.61. The topological polar surface area (TPSA) is 53.0 Å². The van der Waals surface area contributed by atoms with Gasteiger partial charge in [-0.15, -0.1) is 0 Å². The van der Waals surface area contributed by atoms with Gasteiger partial charge in [-0.25, -0.2) is 4.79 Å². The lowest BCUT2D eigenvalue weighted by Crippen LogP contribution is -2.16. The predicted octanol–water partition coefficient (Wildman–Crippen LogP) is 0.560. The molecule has 4 nitrogen and oxygen atoms in total. The molecule has 2 N–H and O–H groups in total. The lowest BCUT2D eigenvalue weighted by Gasteiger charge is -1.95. The summed E-state index contributed by atoms with van der Waals surface area (Å²) in [6.45, 7) is 0. The second-order valence-corrected chi connectivity index (χ2v) is 3.48. The number of nitrogens with zero attached hydrogens (tertiary/aromatic N) is 2. The standard InChI is InChI=1S/C8H10N3OP/c1-10-6-3-2-5(9)4-7(6)11(13)8(10)12/h2-4H,9,13H2,1H3. The Morgan fingerprint density at radius 1 is 1.38 bits per heavy atom. The number of nitrogen functional groups attached to an aromatic ring is 1. The second-order valence-electron chi connectivity index (χ2n) is 2.96. The highest BCUT2D eigenvalue weighted by Crippen LogP contribution is 2.16. The molecule has 0 saturated heterocycles. The fraction of sp³-hybridized carbons (Fsp3) is 0.125. The van der Waals surface area contributed by atoms with Gasteiger partial charge in [-0.3, -0.25) is 8.90 Å². The molecular formula is C8H10N3OP. The Morgan fingerprint density at radius 2 is 2.08 bits per heavy atom. The number of hydrogen-bond donors (Lipinski definition) is 1. The maximum absolute atomic E-state index is 11.5. The van der Waals surface area contributed by atoms with Crippen molar-refractivity contribution >= 4 is 26.1 Å². The van der Waals surface area contributed by atoms with Gasteiger partial charge in [0, 0.05) is 12.7 Å². The van der Waals surface area contributed by atoms with Crippen molar-refractivity contribution in [3.63, 3.8) is 0 Å². The van der Waals surface area contributed by atoms with E-state index in [9.17, 15) is 4.79 Å². The van der Waals surface area contributed by atoms with Crippen LogP contribution in [-0.4, -0.2) is 8.90 Å².